The smallest absolute Gasteiger partial charge is 0.417 e. The molecule has 10 aromatic carbocycles. The number of carbonyl (C=O) groups excluding carboxylic acids is 10. The highest BCUT2D eigenvalue weighted by Crippen LogP contribution is 2.51. The SMILES string of the molecule is Cc1ccc(OC(=O)Nc2ccc(Oc3ccc(NC(=O)Oc4ccc(N5C(=O)c6ccc(Oc7ccc8c(c7)C(=O)N(c7cc(C(C)(c9ccc(O)c(N%10C(=O)c%11ccc(Oc%12ccc%13c(c%12)C(=O)N(C)C%13=O)cc%11C%10=O)c9)C(F)(F)F)ccc7O)C8=O)cc6C5=O)cc4)cc3)cc2)cc1. The van der Waals surface area contributed by atoms with Crippen molar-refractivity contribution in [2.75, 3.05) is 32.4 Å². The first-order valence-electron chi connectivity index (χ1n) is 30.5. The molecule has 4 aliphatic rings. The number of rotatable bonds is 15. The molecular formula is C75H47F3N6O17. The third-order valence-electron chi connectivity index (χ3n) is 17.2. The predicted molar refractivity (Wildman–Crippen MR) is 354 cm³/mol. The average molecular weight is 1360 g/mol. The summed E-state index contributed by atoms with van der Waals surface area (Å²) in [4.78, 5) is 137. The third kappa shape index (κ3) is 11.6. The number of halogens is 3. The van der Waals surface area contributed by atoms with Gasteiger partial charge in [0.25, 0.3) is 47.3 Å². The monoisotopic (exact) mass is 1360 g/mol. The van der Waals surface area contributed by atoms with Crippen molar-refractivity contribution in [3.8, 4) is 57.5 Å². The second-order valence-corrected chi connectivity index (χ2v) is 23.6. The Bertz CT molecular complexity index is 5280. The number of aromatic hydroxyl groups is 2. The minimum absolute atomic E-state index is 0.00426. The minimum Gasteiger partial charge on any atom is -0.506 e. The van der Waals surface area contributed by atoms with Gasteiger partial charge in [0.15, 0.2) is 0 Å². The van der Waals surface area contributed by atoms with Gasteiger partial charge < -0.3 is 33.9 Å². The fraction of sp³-hybridized carbons (Fsp3) is 0.0667. The van der Waals surface area contributed by atoms with Gasteiger partial charge in [-0.15, -0.1) is 0 Å². The number of ether oxygens (including phenoxy) is 5. The Kier molecular flexibility index (Phi) is 15.7. The van der Waals surface area contributed by atoms with Crippen molar-refractivity contribution in [3.63, 3.8) is 0 Å². The zero-order valence-corrected chi connectivity index (χ0v) is 52.6. The van der Waals surface area contributed by atoms with E-state index in [1.54, 1.807) is 60.7 Å². The number of phenolic OH excluding ortho intramolecular Hbond substituents is 2. The molecule has 26 heteroatoms. The maximum absolute atomic E-state index is 15.9. The first kappa shape index (κ1) is 64.4. The van der Waals surface area contributed by atoms with Crippen molar-refractivity contribution in [3.05, 3.63) is 267 Å². The number of fused-ring (bicyclic) bond motifs is 4. The minimum atomic E-state index is -5.24. The lowest BCUT2D eigenvalue weighted by molar-refractivity contribution is -0.173. The molecule has 4 aliphatic heterocycles. The zero-order chi connectivity index (χ0) is 71.1. The fourth-order valence-electron chi connectivity index (χ4n) is 11.8. The van der Waals surface area contributed by atoms with Gasteiger partial charge in [-0.1, -0.05) is 29.8 Å². The molecule has 0 radical (unpaired) electrons. The molecule has 0 aliphatic carbocycles. The molecule has 10 aromatic rings. The molecule has 10 amide bonds. The molecular weight excluding hydrogens is 1310 g/mol. The summed E-state index contributed by atoms with van der Waals surface area (Å²) in [5.41, 5.74) is -4.49. The van der Waals surface area contributed by atoms with Gasteiger partial charge in [-0.2, -0.15) is 13.2 Å². The van der Waals surface area contributed by atoms with Gasteiger partial charge in [0, 0.05) is 18.4 Å². The van der Waals surface area contributed by atoms with Crippen molar-refractivity contribution in [2.24, 2.45) is 0 Å². The number of alkyl halides is 3. The van der Waals surface area contributed by atoms with Crippen molar-refractivity contribution in [1.29, 1.82) is 0 Å². The quantitative estimate of drug-likeness (QED) is 0.0694. The van der Waals surface area contributed by atoms with Crippen molar-refractivity contribution in [2.45, 2.75) is 25.4 Å². The van der Waals surface area contributed by atoms with Crippen LogP contribution in [0, 0.1) is 6.92 Å². The summed E-state index contributed by atoms with van der Waals surface area (Å²) in [6, 6.07) is 46.2. The average Bonchev–Trinajstić information content (AvgIpc) is 1.55. The molecule has 23 nitrogen and oxygen atoms in total. The van der Waals surface area contributed by atoms with Crippen molar-refractivity contribution < 1.29 is 95.0 Å². The molecule has 0 spiro atoms. The van der Waals surface area contributed by atoms with E-state index in [2.05, 4.69) is 10.6 Å². The molecule has 0 aromatic heterocycles. The first-order chi connectivity index (χ1) is 48.3. The number of anilines is 5. The number of benzene rings is 10. The lowest BCUT2D eigenvalue weighted by Gasteiger charge is -2.34. The molecule has 101 heavy (non-hydrogen) atoms. The van der Waals surface area contributed by atoms with E-state index in [9.17, 15) is 58.2 Å². The lowest BCUT2D eigenvalue weighted by atomic mass is 9.75. The van der Waals surface area contributed by atoms with E-state index in [4.69, 9.17) is 23.7 Å². The fourth-order valence-corrected chi connectivity index (χ4v) is 11.8. The maximum atomic E-state index is 15.9. The van der Waals surface area contributed by atoms with E-state index in [1.165, 1.54) is 104 Å². The van der Waals surface area contributed by atoms with Crippen LogP contribution in [0.25, 0.3) is 0 Å². The van der Waals surface area contributed by atoms with Gasteiger partial charge in [0.2, 0.25) is 0 Å². The van der Waals surface area contributed by atoms with Crippen LogP contribution in [0.3, 0.4) is 0 Å². The molecule has 4 N–H and O–H groups in total. The summed E-state index contributed by atoms with van der Waals surface area (Å²) in [7, 11) is 1.32. The van der Waals surface area contributed by atoms with Gasteiger partial charge in [0.1, 0.15) is 62.9 Å². The Morgan fingerprint density at radius 2 is 0.673 bits per heavy atom. The van der Waals surface area contributed by atoms with E-state index >= 15 is 13.2 Å². The number of imide groups is 4. The summed E-state index contributed by atoms with van der Waals surface area (Å²) in [6.45, 7) is 2.67. The Hall–Kier alpha value is -13.9. The summed E-state index contributed by atoms with van der Waals surface area (Å²) in [5.74, 6) is -6.81. The number of aryl methyl sites for hydroxylation is 1. The topological polar surface area (TPSA) is 294 Å². The molecule has 14 rings (SSSR count). The number of nitrogens with one attached hydrogen (secondary N) is 2. The van der Waals surface area contributed by atoms with Crippen LogP contribution in [-0.2, 0) is 5.41 Å². The van der Waals surface area contributed by atoms with E-state index in [1.807, 2.05) is 19.1 Å². The summed E-state index contributed by atoms with van der Waals surface area (Å²) in [6.07, 6.45) is -6.76. The highest BCUT2D eigenvalue weighted by atomic mass is 19.4. The van der Waals surface area contributed by atoms with Crippen molar-refractivity contribution in [1.82, 2.24) is 4.90 Å². The third-order valence-corrected chi connectivity index (χ3v) is 17.2. The van der Waals surface area contributed by atoms with E-state index in [0.29, 0.717) is 38.4 Å². The number of hydrogen-bond donors (Lipinski definition) is 4. The summed E-state index contributed by atoms with van der Waals surface area (Å²) in [5, 5.41) is 27.6. The van der Waals surface area contributed by atoms with Crippen LogP contribution in [0.1, 0.15) is 106 Å². The highest BCUT2D eigenvalue weighted by Gasteiger charge is 2.55. The molecule has 0 bridgehead atoms. The summed E-state index contributed by atoms with van der Waals surface area (Å²) < 4.78 is 76.2. The van der Waals surface area contributed by atoms with Crippen LogP contribution >= 0.6 is 0 Å². The molecule has 500 valence electrons. The first-order valence-corrected chi connectivity index (χ1v) is 30.5. The normalized spacial score (nSPS) is 14.4. The Labute approximate surface area is 568 Å². The molecule has 0 saturated carbocycles. The number of hydrogen-bond acceptors (Lipinski definition) is 17. The number of amides is 10. The highest BCUT2D eigenvalue weighted by molar-refractivity contribution is 6.37. The second-order valence-electron chi connectivity index (χ2n) is 23.6. The Morgan fingerprint density at radius 1 is 0.366 bits per heavy atom. The maximum Gasteiger partial charge on any atom is 0.417 e. The van der Waals surface area contributed by atoms with Gasteiger partial charge in [0.05, 0.1) is 61.6 Å². The van der Waals surface area contributed by atoms with Crippen LogP contribution < -0.4 is 49.0 Å². The van der Waals surface area contributed by atoms with Crippen LogP contribution in [0.4, 0.5) is 51.2 Å². The Balaban J connectivity index is 0.614. The predicted octanol–water partition coefficient (Wildman–Crippen LogP) is 14.5. The zero-order valence-electron chi connectivity index (χ0n) is 52.6. The lowest BCUT2D eigenvalue weighted by Crippen LogP contribution is -2.41. The van der Waals surface area contributed by atoms with Gasteiger partial charge in [-0.25, -0.2) is 24.3 Å². The van der Waals surface area contributed by atoms with E-state index in [0.717, 1.165) is 58.7 Å². The second kappa shape index (κ2) is 24.6. The van der Waals surface area contributed by atoms with Crippen LogP contribution in [-0.4, -0.2) is 87.8 Å². The van der Waals surface area contributed by atoms with Crippen LogP contribution in [0.2, 0.25) is 0 Å². The molecule has 0 fully saturated rings. The van der Waals surface area contributed by atoms with Gasteiger partial charge >= 0.3 is 18.4 Å². The number of carbonyl (C=O) groups is 10. The molecule has 1 unspecified atom stereocenters. The van der Waals surface area contributed by atoms with E-state index < -0.39 is 105 Å². The Morgan fingerprint density at radius 3 is 1.07 bits per heavy atom. The molecule has 0 saturated heterocycles. The van der Waals surface area contributed by atoms with E-state index in [-0.39, 0.29) is 78.9 Å². The van der Waals surface area contributed by atoms with Gasteiger partial charge in [-0.3, -0.25) is 53.9 Å². The number of nitrogens with zero attached hydrogens (tertiary/aromatic N) is 4. The van der Waals surface area contributed by atoms with Crippen LogP contribution in [0.5, 0.6) is 57.5 Å². The number of phenols is 2. The van der Waals surface area contributed by atoms with Crippen molar-refractivity contribution >= 4 is 87.9 Å². The largest absolute Gasteiger partial charge is 0.506 e. The molecule has 1 atom stereocenters. The molecule has 4 heterocycles. The van der Waals surface area contributed by atoms with Gasteiger partial charge in [-0.05, 0) is 207 Å². The van der Waals surface area contributed by atoms with Crippen LogP contribution in [0.15, 0.2) is 206 Å². The standard InChI is InChI=1S/C75H47F3N6O17/c1-38-4-14-46(15-5-38)100-72(95)79-41-8-16-44(17-9-41)97-45-18-10-42(11-19-45)80-73(96)101-47-20-12-43(13-21-47)82-66(89)53-27-23-49(35-57(53)69(82)92)99-51-25-29-55-59(37-51)71(94)84(68(55)91)61-33-40(7-31-63(61)86)74(2,75(76,77)78)39-6-30-62(85)60(32-39)83-67(90)54-28-24-50(36-58(54)70(83)93)98-48-22-26-52-56(34-48)65(88)81(3)64(52)87/h4-37,85-86H,1-3H3,(H,79,95)(H,80,96). The summed E-state index contributed by atoms with van der Waals surface area (Å²) >= 11 is 0.